The fourth-order valence-electron chi connectivity index (χ4n) is 15.4. The molecule has 0 amide bonds. The number of rotatable bonds is 15. The van der Waals surface area contributed by atoms with E-state index in [1.54, 1.807) is 0 Å². The molecule has 8 rings (SSSR count). The average molecular weight is 1050 g/mol. The van der Waals surface area contributed by atoms with Crippen molar-refractivity contribution in [2.24, 2.45) is 45.3 Å². The van der Waals surface area contributed by atoms with Crippen LogP contribution in [-0.2, 0) is 42.7 Å². The molecule has 27 atom stereocenters. The summed E-state index contributed by atoms with van der Waals surface area (Å²) in [5.74, 6) is -0.385. The molecule has 73 heavy (non-hydrogen) atoms. The highest BCUT2D eigenvalue weighted by Gasteiger charge is 2.71. The number of allylic oxidation sites excluding steroid dienone is 2. The molecule has 4 aliphatic carbocycles. The van der Waals surface area contributed by atoms with Crippen LogP contribution in [0.2, 0.25) is 0 Å². The van der Waals surface area contributed by atoms with Crippen molar-refractivity contribution in [1.29, 1.82) is 0 Å². The predicted molar refractivity (Wildman–Crippen MR) is 253 cm³/mol. The van der Waals surface area contributed by atoms with E-state index in [0.717, 1.165) is 31.3 Å². The number of aliphatic hydroxyl groups is 12. The van der Waals surface area contributed by atoms with Crippen LogP contribution in [0.25, 0.3) is 0 Å². The molecule has 4 saturated heterocycles. The SMILES string of the molecule is CC(C)=CCCC(O)(CO[C@@H]1O[C@H](CO)[C@@H](O)[C@H](O)[C@H]1O)[C@H]1CC[C@]2(C)[C@@H]1CC[C@@H]1[C@@]3(C=O)CC[C@H](O[C@@H]4OC[C@H](O)[C@H](O[C@@H]5OC[C@@H](O)[C@H](O)[C@H]5O)[C@H]4O[C@@H]4O[C@@H](C)[C@H](O)[C@@H](O)[C@H]4O)C(C)(C)[C@@H]3CC[C@]12C. The van der Waals surface area contributed by atoms with Gasteiger partial charge in [0.2, 0.25) is 0 Å². The zero-order valence-corrected chi connectivity index (χ0v) is 43.4. The second-order valence-corrected chi connectivity index (χ2v) is 24.4. The summed E-state index contributed by atoms with van der Waals surface area (Å²) in [6.07, 6.45) is -17.8. The van der Waals surface area contributed by atoms with Crippen LogP contribution in [0.4, 0.5) is 0 Å². The predicted octanol–water partition coefficient (Wildman–Crippen LogP) is -0.716. The van der Waals surface area contributed by atoms with Gasteiger partial charge in [0.1, 0.15) is 85.6 Å². The fourth-order valence-corrected chi connectivity index (χ4v) is 15.4. The van der Waals surface area contributed by atoms with Gasteiger partial charge in [-0.2, -0.15) is 0 Å². The van der Waals surface area contributed by atoms with Gasteiger partial charge >= 0.3 is 0 Å². The standard InChI is InChI=1S/C52H86O21/c1-24(2)9-8-15-52(65,23-68-45-40(63)38(61)36(59)30(19-53)70-45)27-12-16-49(6)26(27)10-11-32-50(49,7)17-13-31-48(4,5)33(14-18-51(31,32)22-54)71-47-43(73-46-41(64)37(60)34(57)25(3)69-46)42(29(56)21-67-47)72-44-39(62)35(58)28(55)20-66-44/h9,22,25-47,53,55-65H,8,10-21,23H2,1-7H3/t25-,26+,27-,28+,29-,30+,31-,32-,33-,34-,35-,36+,37+,38-,39+,40+,41+,42-,43+,44-,45+,46-,47-,49+,50+,51+,52?/m0/s1. The third kappa shape index (κ3) is 10.2. The molecule has 4 heterocycles. The molecule has 0 aromatic heterocycles. The van der Waals surface area contributed by atoms with Gasteiger partial charge in [0, 0.05) is 5.41 Å². The zero-order chi connectivity index (χ0) is 53.3. The fraction of sp³-hybridized carbons (Fsp3) is 0.942. The maximum Gasteiger partial charge on any atom is 0.187 e. The topological polar surface area (TPSA) is 334 Å². The summed E-state index contributed by atoms with van der Waals surface area (Å²) in [5, 5.41) is 130. The van der Waals surface area contributed by atoms with Crippen molar-refractivity contribution in [3.05, 3.63) is 11.6 Å². The van der Waals surface area contributed by atoms with Gasteiger partial charge < -0.3 is 104 Å². The lowest BCUT2D eigenvalue weighted by Crippen LogP contribution is -2.67. The van der Waals surface area contributed by atoms with Crippen LogP contribution in [0.5, 0.6) is 0 Å². The summed E-state index contributed by atoms with van der Waals surface area (Å²) in [6.45, 7) is 12.7. The van der Waals surface area contributed by atoms with E-state index in [2.05, 4.69) is 33.8 Å². The van der Waals surface area contributed by atoms with Gasteiger partial charge in [0.25, 0.3) is 0 Å². The maximum absolute atomic E-state index is 14.1. The Morgan fingerprint density at radius 1 is 0.644 bits per heavy atom. The van der Waals surface area contributed by atoms with Gasteiger partial charge in [-0.25, -0.2) is 0 Å². The van der Waals surface area contributed by atoms with E-state index in [1.165, 1.54) is 13.2 Å². The Bertz CT molecular complexity index is 1900. The minimum absolute atomic E-state index is 0.0277. The first-order chi connectivity index (χ1) is 34.3. The number of fused-ring (bicyclic) bond motifs is 5. The lowest BCUT2D eigenvalue weighted by atomic mass is 9.35. The summed E-state index contributed by atoms with van der Waals surface area (Å²) in [5.41, 5.74) is -2.36. The van der Waals surface area contributed by atoms with E-state index in [0.29, 0.717) is 38.5 Å². The minimum Gasteiger partial charge on any atom is -0.394 e. The van der Waals surface area contributed by atoms with E-state index in [4.69, 9.17) is 37.9 Å². The van der Waals surface area contributed by atoms with Crippen LogP contribution in [-0.4, -0.2) is 216 Å². The third-order valence-corrected chi connectivity index (χ3v) is 19.9. The highest BCUT2D eigenvalue weighted by Crippen LogP contribution is 2.75. The van der Waals surface area contributed by atoms with Crippen molar-refractivity contribution in [3.63, 3.8) is 0 Å². The first-order valence-electron chi connectivity index (χ1n) is 26.7. The van der Waals surface area contributed by atoms with Crippen molar-refractivity contribution in [3.8, 4) is 0 Å². The van der Waals surface area contributed by atoms with E-state index in [9.17, 15) is 66.1 Å². The number of hydrogen-bond acceptors (Lipinski definition) is 21. The molecule has 0 spiro atoms. The molecule has 4 saturated carbocycles. The lowest BCUT2D eigenvalue weighted by molar-refractivity contribution is -0.383. The lowest BCUT2D eigenvalue weighted by Gasteiger charge is -2.69. The molecule has 8 fully saturated rings. The Balaban J connectivity index is 1.03. The number of aldehydes is 1. The first kappa shape index (κ1) is 57.8. The zero-order valence-electron chi connectivity index (χ0n) is 43.4. The van der Waals surface area contributed by atoms with E-state index in [-0.39, 0.29) is 47.7 Å². The van der Waals surface area contributed by atoms with Crippen LogP contribution in [0.15, 0.2) is 11.6 Å². The average Bonchev–Trinajstić information content (AvgIpc) is 3.72. The van der Waals surface area contributed by atoms with Crippen LogP contribution >= 0.6 is 0 Å². The highest BCUT2D eigenvalue weighted by atomic mass is 16.8. The number of aliphatic hydroxyl groups excluding tert-OH is 11. The summed E-state index contributed by atoms with van der Waals surface area (Å²) < 4.78 is 48.7. The third-order valence-electron chi connectivity index (χ3n) is 19.9. The van der Waals surface area contributed by atoms with Crippen LogP contribution < -0.4 is 0 Å². The van der Waals surface area contributed by atoms with Gasteiger partial charge in [-0.1, -0.05) is 39.3 Å². The Hall–Kier alpha value is -1.39. The van der Waals surface area contributed by atoms with Gasteiger partial charge in [-0.3, -0.25) is 0 Å². The minimum atomic E-state index is -1.76. The normalized spacial score (nSPS) is 51.7. The number of ether oxygens (including phenoxy) is 8. The van der Waals surface area contributed by atoms with Crippen LogP contribution in [0.3, 0.4) is 0 Å². The summed E-state index contributed by atoms with van der Waals surface area (Å²) in [4.78, 5) is 14.1. The largest absolute Gasteiger partial charge is 0.394 e. The molecule has 0 aromatic carbocycles. The molecule has 4 aliphatic heterocycles. The van der Waals surface area contributed by atoms with E-state index >= 15 is 0 Å². The van der Waals surface area contributed by atoms with Crippen molar-refractivity contribution in [2.75, 3.05) is 26.4 Å². The van der Waals surface area contributed by atoms with Gasteiger partial charge in [0.05, 0.1) is 44.2 Å². The quantitative estimate of drug-likeness (QED) is 0.0547. The number of hydrogen-bond donors (Lipinski definition) is 12. The summed E-state index contributed by atoms with van der Waals surface area (Å²) in [7, 11) is 0. The molecule has 12 N–H and O–H groups in total. The molecular formula is C52H86O21. The van der Waals surface area contributed by atoms with Gasteiger partial charge in [-0.15, -0.1) is 0 Å². The second kappa shape index (κ2) is 22.0. The molecule has 0 aromatic rings. The number of carbonyl (C=O) groups is 1. The van der Waals surface area contributed by atoms with Gasteiger partial charge in [0.15, 0.2) is 25.2 Å². The smallest absolute Gasteiger partial charge is 0.187 e. The molecule has 21 nitrogen and oxygen atoms in total. The summed E-state index contributed by atoms with van der Waals surface area (Å²) in [6, 6.07) is 0. The Morgan fingerprint density at radius 3 is 1.96 bits per heavy atom. The van der Waals surface area contributed by atoms with E-state index < -0.39 is 146 Å². The van der Waals surface area contributed by atoms with Gasteiger partial charge in [-0.05, 0) is 125 Å². The molecule has 0 radical (unpaired) electrons. The monoisotopic (exact) mass is 1050 g/mol. The first-order valence-corrected chi connectivity index (χ1v) is 26.7. The van der Waals surface area contributed by atoms with Crippen molar-refractivity contribution in [1.82, 2.24) is 0 Å². The van der Waals surface area contributed by atoms with Crippen LogP contribution in [0.1, 0.15) is 113 Å². The summed E-state index contributed by atoms with van der Waals surface area (Å²) >= 11 is 0. The Kier molecular flexibility index (Phi) is 17.4. The second-order valence-electron chi connectivity index (χ2n) is 24.4. The van der Waals surface area contributed by atoms with Crippen molar-refractivity contribution >= 4 is 6.29 Å². The van der Waals surface area contributed by atoms with Crippen LogP contribution in [0, 0.1) is 45.3 Å². The Labute approximate surface area is 427 Å². The highest BCUT2D eigenvalue weighted by molar-refractivity contribution is 5.62. The van der Waals surface area contributed by atoms with Crippen molar-refractivity contribution < 1.29 is 104 Å². The van der Waals surface area contributed by atoms with E-state index in [1.807, 2.05) is 13.8 Å². The maximum atomic E-state index is 14.1. The molecule has 420 valence electrons. The molecular weight excluding hydrogens is 961 g/mol. The number of carbonyl (C=O) groups excluding carboxylic acids is 1. The Morgan fingerprint density at radius 2 is 1.27 bits per heavy atom. The molecule has 8 aliphatic rings. The van der Waals surface area contributed by atoms with Crippen molar-refractivity contribution in [2.45, 2.75) is 235 Å². The molecule has 0 bridgehead atoms. The molecule has 21 heteroatoms. The molecule has 1 unspecified atom stereocenters.